The summed E-state index contributed by atoms with van der Waals surface area (Å²) in [5, 5.41) is 0. The number of benzene rings is 3. The average Bonchev–Trinajstić information content (AvgIpc) is 3.58. The molecule has 2 aromatic heterocycles. The molecule has 0 bridgehead atoms. The first-order chi connectivity index (χ1) is 21.3. The number of nitrogens with zero attached hydrogens (tertiary/aromatic N) is 4. The number of aliphatic imine (C=N–C) groups is 1. The summed E-state index contributed by atoms with van der Waals surface area (Å²) >= 11 is 2.19. The highest BCUT2D eigenvalue weighted by molar-refractivity contribution is 14.1. The van der Waals surface area contributed by atoms with Crippen molar-refractivity contribution in [2.45, 2.75) is 0 Å². The molecule has 11 heteroatoms. The third-order valence-electron chi connectivity index (χ3n) is 8.03. The van der Waals surface area contributed by atoms with E-state index in [0.29, 0.717) is 48.7 Å². The molecule has 4 heterocycles. The summed E-state index contributed by atoms with van der Waals surface area (Å²) < 4.78 is 50.7. The van der Waals surface area contributed by atoms with E-state index < -0.39 is 6.97 Å². The van der Waals surface area contributed by atoms with Gasteiger partial charge in [-0.1, -0.05) is 30.3 Å². The second-order valence-corrected chi connectivity index (χ2v) is 11.7. The highest BCUT2D eigenvalue weighted by Crippen LogP contribution is 2.49. The van der Waals surface area contributed by atoms with Crippen LogP contribution in [0.25, 0.3) is 28.0 Å². The quantitative estimate of drug-likeness (QED) is 0.1000. The van der Waals surface area contributed by atoms with Crippen LogP contribution >= 0.6 is 46.6 Å². The van der Waals surface area contributed by atoms with Gasteiger partial charge in [-0.25, -0.2) is 4.57 Å². The smallest absolute Gasteiger partial charge is 0.497 e. The number of ether oxygens (including phenoxy) is 2. The van der Waals surface area contributed by atoms with E-state index in [1.54, 1.807) is 50.6 Å². The minimum atomic E-state index is -4.43. The summed E-state index contributed by atoms with van der Waals surface area (Å²) in [5.41, 5.74) is 4.96. The number of hydrogen-bond donors (Lipinski definition) is 0. The monoisotopic (exact) mass is 827 g/mol. The van der Waals surface area contributed by atoms with Gasteiger partial charge in [0.05, 0.1) is 36.6 Å². The van der Waals surface area contributed by atoms with Crippen molar-refractivity contribution in [3.05, 3.63) is 124 Å². The van der Waals surface area contributed by atoms with Crippen molar-refractivity contribution in [1.82, 2.24) is 4.48 Å². The van der Waals surface area contributed by atoms with Crippen LogP contribution in [0.5, 0.6) is 11.5 Å². The third kappa shape index (κ3) is 5.19. The fourth-order valence-corrected chi connectivity index (χ4v) is 7.06. The number of aromatic nitrogens is 2. The summed E-state index contributed by atoms with van der Waals surface area (Å²) in [6.45, 7) is -4.43. The van der Waals surface area contributed by atoms with Gasteiger partial charge in [-0.15, -0.1) is 24.0 Å². The largest absolute Gasteiger partial charge is 0.642 e. The van der Waals surface area contributed by atoms with Crippen molar-refractivity contribution >= 4 is 76.5 Å². The van der Waals surface area contributed by atoms with Gasteiger partial charge >= 0.3 is 6.97 Å². The maximum atomic E-state index is 17.6. The van der Waals surface area contributed by atoms with Gasteiger partial charge in [0, 0.05) is 20.9 Å². The number of rotatable bonds is 6. The molecule has 2 aliphatic heterocycles. The lowest BCUT2D eigenvalue weighted by atomic mass is 9.91. The Kier molecular flexibility index (Phi) is 8.42. The van der Waals surface area contributed by atoms with E-state index >= 15 is 8.63 Å². The minimum absolute atomic E-state index is 0. The summed E-state index contributed by atoms with van der Waals surface area (Å²) in [7, 11) is 5.08. The predicted octanol–water partition coefficient (Wildman–Crippen LogP) is 7.75. The van der Waals surface area contributed by atoms with Crippen molar-refractivity contribution < 1.29 is 27.2 Å². The highest BCUT2D eigenvalue weighted by Gasteiger charge is 2.54. The lowest BCUT2D eigenvalue weighted by Gasteiger charge is -2.32. The lowest BCUT2D eigenvalue weighted by Crippen LogP contribution is -2.53. The van der Waals surface area contributed by atoms with Gasteiger partial charge in [-0.2, -0.15) is 0 Å². The second kappa shape index (κ2) is 12.2. The molecule has 3 aromatic carbocycles. The Bertz CT molecular complexity index is 2020. The van der Waals surface area contributed by atoms with Crippen LogP contribution in [-0.2, 0) is 7.05 Å². The van der Waals surface area contributed by atoms with Crippen LogP contribution in [0.1, 0.15) is 11.1 Å². The van der Waals surface area contributed by atoms with E-state index in [1.807, 2.05) is 84.7 Å². The van der Waals surface area contributed by atoms with Crippen LogP contribution in [0.3, 0.4) is 0 Å². The zero-order valence-electron chi connectivity index (χ0n) is 24.6. The van der Waals surface area contributed by atoms with E-state index in [4.69, 9.17) is 14.5 Å². The highest BCUT2D eigenvalue weighted by atomic mass is 127. The molecule has 0 N–H and O–H groups in total. The molecule has 0 atom stereocenters. The summed E-state index contributed by atoms with van der Waals surface area (Å²) in [5.74, 6) is 1.74. The molecule has 0 fully saturated rings. The van der Waals surface area contributed by atoms with Crippen molar-refractivity contribution in [3.8, 4) is 33.9 Å². The molecule has 7 rings (SSSR count). The van der Waals surface area contributed by atoms with E-state index in [1.165, 1.54) is 0 Å². The van der Waals surface area contributed by atoms with E-state index in [2.05, 4.69) is 22.6 Å². The Balaban J connectivity index is 0.00000357. The molecule has 5 aromatic rings. The number of methoxy groups -OCH3 is 2. The number of allylic oxidation sites excluding steroid dienone is 1. The van der Waals surface area contributed by atoms with Gasteiger partial charge in [0.15, 0.2) is 12.4 Å². The standard InChI is InChI=1S/C34H27BF2IN4O2.HI/c1-40-19-7-10-25(21-40)30-31(38)32(24-13-17-27(44-3)18-14-24)42-34(30)39-33-28(22-8-5-4-6-9-22)20-29(41(33)35(42,36)37)23-11-15-26(43-2)16-12-23;/h4-21H,1-3H3;1H/q+1;. The molecular formula is C34H28BF2I2N4O2+. The molecule has 0 saturated heterocycles. The Morgan fingerprint density at radius 3 is 1.98 bits per heavy atom. The van der Waals surface area contributed by atoms with Crippen LogP contribution in [0.15, 0.2) is 114 Å². The normalized spacial score (nSPS) is 14.6. The summed E-state index contributed by atoms with van der Waals surface area (Å²) in [4.78, 5) is 5.11. The Morgan fingerprint density at radius 1 is 0.778 bits per heavy atom. The molecule has 0 spiro atoms. The first-order valence-corrected chi connectivity index (χ1v) is 15.1. The van der Waals surface area contributed by atoms with Crippen LogP contribution in [0.4, 0.5) is 14.4 Å². The zero-order chi connectivity index (χ0) is 30.6. The number of hydrogen-bond acceptors (Lipinski definition) is 3. The van der Waals surface area contributed by atoms with E-state index in [-0.39, 0.29) is 35.6 Å². The zero-order valence-corrected chi connectivity index (χ0v) is 29.1. The van der Waals surface area contributed by atoms with E-state index in [0.717, 1.165) is 20.1 Å². The van der Waals surface area contributed by atoms with Gasteiger partial charge in [-0.05, 0) is 99.4 Å². The predicted molar refractivity (Wildman–Crippen MR) is 193 cm³/mol. The maximum absolute atomic E-state index is 17.6. The van der Waals surface area contributed by atoms with Crippen molar-refractivity contribution in [2.24, 2.45) is 12.0 Å². The maximum Gasteiger partial charge on any atom is 0.642 e. The Morgan fingerprint density at radius 2 is 1.38 bits per heavy atom. The molecule has 0 amide bonds. The number of halogens is 4. The lowest BCUT2D eigenvalue weighted by molar-refractivity contribution is -0.671. The molecular weight excluding hydrogens is 799 g/mol. The number of fused-ring (bicyclic) bond motifs is 2. The molecule has 0 saturated carbocycles. The fourth-order valence-electron chi connectivity index (χ4n) is 5.94. The number of pyridine rings is 1. The SMILES string of the molecule is COc1ccc(C2=[N+]3C(=Nc4c(-c5ccc[n+](C)c5)c(I)c(-c5ccc(OC)cc5)n4[B-]3(F)F)C(c3ccccc3)=C2)cc1.I. The number of amidine groups is 1. The molecule has 0 radical (unpaired) electrons. The Hall–Kier alpha value is -3.85. The Labute approximate surface area is 290 Å². The van der Waals surface area contributed by atoms with Gasteiger partial charge in [0.2, 0.25) is 5.82 Å². The molecule has 6 nitrogen and oxygen atoms in total. The van der Waals surface area contributed by atoms with Crippen molar-refractivity contribution in [2.75, 3.05) is 14.2 Å². The number of aryl methyl sites for hydroxylation is 1. The van der Waals surface area contributed by atoms with Gasteiger partial charge in [-0.3, -0.25) is 0 Å². The average molecular weight is 827 g/mol. The first kappa shape index (κ1) is 31.2. The molecule has 0 unspecified atom stereocenters. The van der Waals surface area contributed by atoms with Gasteiger partial charge in [0.25, 0.3) is 5.84 Å². The third-order valence-corrected chi connectivity index (χ3v) is 9.08. The van der Waals surface area contributed by atoms with Crippen LogP contribution in [0.2, 0.25) is 0 Å². The molecule has 45 heavy (non-hydrogen) atoms. The second-order valence-electron chi connectivity index (χ2n) is 10.6. The van der Waals surface area contributed by atoms with Crippen LogP contribution in [0, 0.1) is 3.57 Å². The fraction of sp³-hybridized carbons (Fsp3) is 0.0882. The van der Waals surface area contributed by atoms with Crippen LogP contribution in [-0.4, -0.2) is 41.7 Å². The first-order valence-electron chi connectivity index (χ1n) is 14.0. The summed E-state index contributed by atoms with van der Waals surface area (Å²) in [6.07, 6.45) is 5.67. The minimum Gasteiger partial charge on any atom is -0.497 e. The van der Waals surface area contributed by atoms with Gasteiger partial charge < -0.3 is 27.1 Å². The molecule has 0 aliphatic carbocycles. The van der Waals surface area contributed by atoms with Crippen molar-refractivity contribution in [3.63, 3.8) is 0 Å². The van der Waals surface area contributed by atoms with Crippen LogP contribution < -0.4 is 14.0 Å². The summed E-state index contributed by atoms with van der Waals surface area (Å²) in [6, 6.07) is 27.8. The van der Waals surface area contributed by atoms with E-state index in [9.17, 15) is 0 Å². The van der Waals surface area contributed by atoms with Crippen molar-refractivity contribution in [1.29, 1.82) is 0 Å². The van der Waals surface area contributed by atoms with Gasteiger partial charge in [0.1, 0.15) is 18.5 Å². The molecule has 226 valence electrons. The topological polar surface area (TPSA) is 42.6 Å². The molecule has 2 aliphatic rings.